The fraction of sp³-hybridized carbons (Fsp3) is 0.833. The molecule has 96 valence electrons. The number of carbonyl (C=O) groups is 2. The average Bonchev–Trinajstić information content (AvgIpc) is 2.63. The molecule has 5 heteroatoms. The Balaban J connectivity index is 2.01. The molecule has 1 saturated carbocycles. The minimum absolute atomic E-state index is 0.0571. The van der Waals surface area contributed by atoms with Crippen LogP contribution in [0.2, 0.25) is 0 Å². The van der Waals surface area contributed by atoms with Crippen LogP contribution in [0, 0.1) is 23.2 Å². The molecule has 2 N–H and O–H groups in total. The summed E-state index contributed by atoms with van der Waals surface area (Å²) in [6.45, 7) is 4.96. The molecule has 0 aromatic carbocycles. The first-order valence-electron chi connectivity index (χ1n) is 6.02. The van der Waals surface area contributed by atoms with Crippen LogP contribution < -0.4 is 0 Å². The van der Waals surface area contributed by atoms with Gasteiger partial charge in [-0.1, -0.05) is 13.8 Å². The number of carbonyl (C=O) groups excluding carboxylic acids is 1. The molecule has 3 unspecified atom stereocenters. The Hall–Kier alpha value is -1.10. The van der Waals surface area contributed by atoms with Crippen LogP contribution in [0.4, 0.5) is 0 Å². The van der Waals surface area contributed by atoms with Crippen molar-refractivity contribution in [3.8, 4) is 0 Å². The van der Waals surface area contributed by atoms with Crippen LogP contribution in [0.15, 0.2) is 0 Å². The van der Waals surface area contributed by atoms with Gasteiger partial charge in [-0.05, 0) is 11.8 Å². The third kappa shape index (κ3) is 1.92. The van der Waals surface area contributed by atoms with Crippen LogP contribution in [0.1, 0.15) is 20.3 Å². The Bertz CT molecular complexity index is 352. The zero-order chi connectivity index (χ0) is 12.8. The second-order valence-electron chi connectivity index (χ2n) is 5.74. The van der Waals surface area contributed by atoms with Crippen molar-refractivity contribution < 1.29 is 19.8 Å². The predicted molar refractivity (Wildman–Crippen MR) is 60.2 cm³/mol. The third-order valence-electron chi connectivity index (χ3n) is 4.22. The van der Waals surface area contributed by atoms with Crippen molar-refractivity contribution in [3.05, 3.63) is 0 Å². The van der Waals surface area contributed by atoms with Crippen LogP contribution in [0.25, 0.3) is 0 Å². The number of rotatable bonds is 3. The molecule has 2 rings (SSSR count). The Labute approximate surface area is 100 Å². The predicted octanol–water partition coefficient (Wildman–Crippen LogP) is 0.184. The highest BCUT2D eigenvalue weighted by Gasteiger charge is 2.66. The molecule has 0 aromatic rings. The number of nitrogens with zero attached hydrogens (tertiary/aromatic N) is 1. The van der Waals surface area contributed by atoms with E-state index in [-0.39, 0.29) is 18.4 Å². The van der Waals surface area contributed by atoms with Crippen molar-refractivity contribution in [2.75, 3.05) is 19.7 Å². The first-order chi connectivity index (χ1) is 7.89. The molecule has 1 aliphatic heterocycles. The standard InChI is InChI=1S/C12H19NO4/c1-12(2)8(9(12)11(16)17)10(15)13-4-3-7(5-13)6-14/h7-9,14H,3-6H2,1-2H3,(H,16,17). The number of hydrogen-bond donors (Lipinski definition) is 2. The Kier molecular flexibility index (Phi) is 2.89. The summed E-state index contributed by atoms with van der Waals surface area (Å²) in [5, 5.41) is 18.1. The minimum atomic E-state index is -0.883. The second-order valence-corrected chi connectivity index (χ2v) is 5.74. The second kappa shape index (κ2) is 3.98. The molecule has 0 aromatic heterocycles. The normalized spacial score (nSPS) is 34.8. The van der Waals surface area contributed by atoms with Gasteiger partial charge in [0.25, 0.3) is 0 Å². The van der Waals surface area contributed by atoms with Gasteiger partial charge in [0.05, 0.1) is 11.8 Å². The summed E-state index contributed by atoms with van der Waals surface area (Å²) in [6, 6.07) is 0. The highest BCUT2D eigenvalue weighted by molar-refractivity contribution is 5.91. The molecular weight excluding hydrogens is 222 g/mol. The lowest BCUT2D eigenvalue weighted by Gasteiger charge is -2.16. The topological polar surface area (TPSA) is 77.8 Å². The van der Waals surface area contributed by atoms with Gasteiger partial charge in [0.1, 0.15) is 0 Å². The molecule has 1 amide bonds. The van der Waals surface area contributed by atoms with Gasteiger partial charge in [-0.2, -0.15) is 0 Å². The molecule has 0 bridgehead atoms. The molecule has 1 aliphatic carbocycles. The van der Waals surface area contributed by atoms with E-state index in [1.54, 1.807) is 4.90 Å². The Morgan fingerprint density at radius 3 is 2.41 bits per heavy atom. The van der Waals surface area contributed by atoms with Crippen LogP contribution >= 0.6 is 0 Å². The van der Waals surface area contributed by atoms with Gasteiger partial charge in [-0.25, -0.2) is 0 Å². The van der Waals surface area contributed by atoms with Gasteiger partial charge in [-0.3, -0.25) is 9.59 Å². The molecule has 3 atom stereocenters. The van der Waals surface area contributed by atoms with Crippen LogP contribution in [0.5, 0.6) is 0 Å². The largest absolute Gasteiger partial charge is 0.481 e. The maximum Gasteiger partial charge on any atom is 0.307 e. The molecule has 2 fully saturated rings. The SMILES string of the molecule is CC1(C)C(C(=O)O)C1C(=O)N1CCC(CO)C1. The van der Waals surface area contributed by atoms with E-state index in [0.717, 1.165) is 6.42 Å². The van der Waals surface area contributed by atoms with Crippen LogP contribution in [-0.4, -0.2) is 46.7 Å². The molecule has 0 radical (unpaired) electrons. The summed E-state index contributed by atoms with van der Waals surface area (Å²) in [5.41, 5.74) is -0.430. The number of amides is 1. The lowest BCUT2D eigenvalue weighted by Crippen LogP contribution is -2.32. The monoisotopic (exact) mass is 241 g/mol. The van der Waals surface area contributed by atoms with Crippen molar-refractivity contribution >= 4 is 11.9 Å². The summed E-state index contributed by atoms with van der Waals surface area (Å²) in [4.78, 5) is 24.9. The average molecular weight is 241 g/mol. The van der Waals surface area contributed by atoms with Crippen molar-refractivity contribution in [2.45, 2.75) is 20.3 Å². The first-order valence-corrected chi connectivity index (χ1v) is 6.02. The summed E-state index contributed by atoms with van der Waals surface area (Å²) in [6.07, 6.45) is 0.813. The van der Waals surface area contributed by atoms with E-state index in [1.165, 1.54) is 0 Å². The lowest BCUT2D eigenvalue weighted by atomic mass is 10.1. The van der Waals surface area contributed by atoms with E-state index >= 15 is 0 Å². The minimum Gasteiger partial charge on any atom is -0.481 e. The summed E-state index contributed by atoms with van der Waals surface area (Å²) >= 11 is 0. The fourth-order valence-corrected chi connectivity index (χ4v) is 2.94. The van der Waals surface area contributed by atoms with E-state index in [9.17, 15) is 9.59 Å². The molecule has 1 heterocycles. The smallest absolute Gasteiger partial charge is 0.307 e. The van der Waals surface area contributed by atoms with Crippen LogP contribution in [-0.2, 0) is 9.59 Å². The van der Waals surface area contributed by atoms with E-state index < -0.39 is 23.2 Å². The van der Waals surface area contributed by atoms with E-state index in [1.807, 2.05) is 13.8 Å². The van der Waals surface area contributed by atoms with E-state index in [0.29, 0.717) is 13.1 Å². The zero-order valence-electron chi connectivity index (χ0n) is 10.2. The van der Waals surface area contributed by atoms with Gasteiger partial charge < -0.3 is 15.1 Å². The summed E-state index contributed by atoms with van der Waals surface area (Å²) < 4.78 is 0. The number of likely N-dealkylation sites (tertiary alicyclic amines) is 1. The van der Waals surface area contributed by atoms with E-state index in [4.69, 9.17) is 10.2 Å². The molecule has 2 aliphatic rings. The molecule has 17 heavy (non-hydrogen) atoms. The van der Waals surface area contributed by atoms with Gasteiger partial charge in [0.2, 0.25) is 5.91 Å². The lowest BCUT2D eigenvalue weighted by molar-refractivity contribution is -0.141. The summed E-state index contributed by atoms with van der Waals surface area (Å²) in [5.74, 6) is -1.73. The van der Waals surface area contributed by atoms with Gasteiger partial charge >= 0.3 is 5.97 Å². The van der Waals surface area contributed by atoms with Crippen molar-refractivity contribution in [1.29, 1.82) is 0 Å². The quantitative estimate of drug-likeness (QED) is 0.739. The Morgan fingerprint density at radius 1 is 1.35 bits per heavy atom. The maximum atomic E-state index is 12.2. The van der Waals surface area contributed by atoms with Gasteiger partial charge in [0, 0.05) is 25.6 Å². The highest BCUT2D eigenvalue weighted by atomic mass is 16.4. The molecular formula is C12H19NO4. The van der Waals surface area contributed by atoms with Crippen molar-refractivity contribution in [1.82, 2.24) is 4.90 Å². The Morgan fingerprint density at radius 2 is 2.00 bits per heavy atom. The molecule has 0 spiro atoms. The van der Waals surface area contributed by atoms with Crippen molar-refractivity contribution in [3.63, 3.8) is 0 Å². The number of aliphatic carboxylic acids is 1. The summed E-state index contributed by atoms with van der Waals surface area (Å²) in [7, 11) is 0. The number of hydrogen-bond acceptors (Lipinski definition) is 3. The first kappa shape index (κ1) is 12.4. The van der Waals surface area contributed by atoms with Gasteiger partial charge in [-0.15, -0.1) is 0 Å². The van der Waals surface area contributed by atoms with E-state index in [2.05, 4.69) is 0 Å². The number of aliphatic hydroxyl groups is 1. The molecule has 1 saturated heterocycles. The van der Waals surface area contributed by atoms with Gasteiger partial charge in [0.15, 0.2) is 0 Å². The molecule has 5 nitrogen and oxygen atoms in total. The highest BCUT2D eigenvalue weighted by Crippen LogP contribution is 2.59. The fourth-order valence-electron chi connectivity index (χ4n) is 2.94. The van der Waals surface area contributed by atoms with Crippen molar-refractivity contribution in [2.24, 2.45) is 23.2 Å². The number of carboxylic acids is 1. The number of aliphatic hydroxyl groups excluding tert-OH is 1. The third-order valence-corrected chi connectivity index (χ3v) is 4.22. The van der Waals surface area contributed by atoms with Crippen LogP contribution in [0.3, 0.4) is 0 Å². The number of carboxylic acid groups (broad SMARTS) is 1. The zero-order valence-corrected chi connectivity index (χ0v) is 10.2. The maximum absolute atomic E-state index is 12.2.